The maximum absolute atomic E-state index is 14.1. The van der Waals surface area contributed by atoms with Gasteiger partial charge in [-0.15, -0.1) is 18.0 Å². The van der Waals surface area contributed by atoms with Crippen molar-refractivity contribution in [1.29, 1.82) is 0 Å². The van der Waals surface area contributed by atoms with Crippen LogP contribution < -0.4 is 5.32 Å². The van der Waals surface area contributed by atoms with Crippen molar-refractivity contribution in [2.45, 2.75) is 46.5 Å². The van der Waals surface area contributed by atoms with Crippen molar-refractivity contribution in [3.63, 3.8) is 0 Å². The first-order valence-electron chi connectivity index (χ1n) is 10.8. The number of alkyl halides is 1. The second-order valence-corrected chi connectivity index (χ2v) is 7.28. The van der Waals surface area contributed by atoms with Crippen molar-refractivity contribution in [3.05, 3.63) is 76.3 Å². The van der Waals surface area contributed by atoms with Crippen LogP contribution in [0.4, 0.5) is 9.18 Å². The van der Waals surface area contributed by atoms with Crippen LogP contribution in [0.3, 0.4) is 0 Å². The van der Waals surface area contributed by atoms with E-state index in [2.05, 4.69) is 16.4 Å². The van der Waals surface area contributed by atoms with Gasteiger partial charge in [0.15, 0.2) is 0 Å². The molecule has 0 saturated carbocycles. The molecule has 1 aromatic carbocycles. The minimum absolute atomic E-state index is 0.107. The lowest BCUT2D eigenvalue weighted by Gasteiger charge is -2.08. The van der Waals surface area contributed by atoms with Crippen LogP contribution in [-0.4, -0.2) is 17.7 Å². The largest absolute Gasteiger partial charge is 0.437 e. The topological polar surface area (TPSA) is 50.7 Å². The average Bonchev–Trinajstić information content (AvgIpc) is 3.07. The van der Waals surface area contributed by atoms with E-state index in [1.165, 1.54) is 18.2 Å². The summed E-state index contributed by atoms with van der Waals surface area (Å²) in [5.41, 5.74) is 3.41. The predicted molar refractivity (Wildman–Crippen MR) is 137 cm³/mol. The maximum atomic E-state index is 14.1. The fraction of sp³-hybridized carbons (Fsp3) is 0.308. The third-order valence-electron chi connectivity index (χ3n) is 4.51. The van der Waals surface area contributed by atoms with Crippen LogP contribution in [-0.2, 0) is 4.84 Å². The Morgan fingerprint density at radius 2 is 2.03 bits per heavy atom. The smallest absolute Gasteiger partial charge is 0.298 e. The molecule has 1 aromatic rings. The van der Waals surface area contributed by atoms with Crippen LogP contribution in [0.5, 0.6) is 0 Å². The van der Waals surface area contributed by atoms with Gasteiger partial charge in [0.25, 0.3) is 0 Å². The quantitative estimate of drug-likeness (QED) is 0.106. The minimum Gasteiger partial charge on any atom is -0.298 e. The Kier molecular flexibility index (Phi) is 13.6. The van der Waals surface area contributed by atoms with Crippen LogP contribution in [0.2, 0.25) is 0 Å². The van der Waals surface area contributed by atoms with E-state index in [-0.39, 0.29) is 16.7 Å². The zero-order valence-corrected chi connectivity index (χ0v) is 20.6. The lowest BCUT2D eigenvalue weighted by molar-refractivity contribution is 0.154. The summed E-state index contributed by atoms with van der Waals surface area (Å²) < 4.78 is 14.1. The summed E-state index contributed by atoms with van der Waals surface area (Å²) in [6, 6.07) is 6.72. The number of carbonyl (C=O) groups is 1. The van der Waals surface area contributed by atoms with Gasteiger partial charge in [-0.05, 0) is 55.0 Å². The highest BCUT2D eigenvalue weighted by molar-refractivity contribution is 6.32. The van der Waals surface area contributed by atoms with Gasteiger partial charge in [-0.2, -0.15) is 0 Å². The zero-order chi connectivity index (χ0) is 24.6. The van der Waals surface area contributed by atoms with Gasteiger partial charge in [0.2, 0.25) is 0 Å². The van der Waals surface area contributed by atoms with Crippen LogP contribution in [0.25, 0.3) is 5.57 Å². The van der Waals surface area contributed by atoms with Gasteiger partial charge in [0.05, 0.1) is 10.7 Å². The number of rotatable bonds is 7. The van der Waals surface area contributed by atoms with E-state index in [0.717, 1.165) is 30.4 Å². The van der Waals surface area contributed by atoms with Crippen molar-refractivity contribution in [2.24, 2.45) is 5.16 Å². The molecule has 1 aliphatic rings. The van der Waals surface area contributed by atoms with Gasteiger partial charge in [0, 0.05) is 17.1 Å². The standard InChI is InChI=1S/C24H23Cl2FN2O2.C2H6/c1-3-19(26)16-20(14-15-25)28-24(30)31-29-23(4-2)18-9-7-8-17(12-13-18)21-10-5-6-11-22(21)27;1-2/h1,5-6,10-14,16H,4,7-9,15H2,2H3,(H,28,30);1-2H3/b19-16+,20-14+,29-23+;. The molecule has 0 atom stereocenters. The number of hydrogen-bond donors (Lipinski definition) is 1. The van der Waals surface area contributed by atoms with Crippen molar-refractivity contribution in [1.82, 2.24) is 5.32 Å². The molecule has 0 unspecified atom stereocenters. The molecule has 7 heteroatoms. The number of nitrogens with one attached hydrogen (secondary N) is 1. The number of carbonyl (C=O) groups excluding carboxylic acids is 1. The van der Waals surface area contributed by atoms with Gasteiger partial charge in [-0.25, -0.2) is 9.18 Å². The number of nitrogens with zero attached hydrogens (tertiary/aromatic N) is 1. The molecule has 0 aromatic heterocycles. The Bertz CT molecular complexity index is 1000. The molecule has 176 valence electrons. The molecule has 4 nitrogen and oxygen atoms in total. The maximum Gasteiger partial charge on any atom is 0.437 e. The second kappa shape index (κ2) is 15.9. The van der Waals surface area contributed by atoms with Gasteiger partial charge < -0.3 is 0 Å². The predicted octanol–water partition coefficient (Wildman–Crippen LogP) is 7.72. The fourth-order valence-electron chi connectivity index (χ4n) is 3.02. The van der Waals surface area contributed by atoms with E-state index < -0.39 is 6.09 Å². The summed E-state index contributed by atoms with van der Waals surface area (Å²) >= 11 is 11.5. The highest BCUT2D eigenvalue weighted by Gasteiger charge is 2.14. The van der Waals surface area contributed by atoms with Gasteiger partial charge >= 0.3 is 6.09 Å². The molecule has 33 heavy (non-hydrogen) atoms. The van der Waals surface area contributed by atoms with Crippen molar-refractivity contribution in [2.75, 3.05) is 5.88 Å². The van der Waals surface area contributed by atoms with E-state index in [4.69, 9.17) is 34.5 Å². The molecule has 0 heterocycles. The van der Waals surface area contributed by atoms with Crippen LogP contribution in [0.1, 0.15) is 52.0 Å². The Labute approximate surface area is 205 Å². The first kappa shape index (κ1) is 28.2. The number of terminal acetylenes is 1. The normalized spacial score (nSPS) is 14.6. The van der Waals surface area contributed by atoms with Gasteiger partial charge in [-0.1, -0.05) is 73.8 Å². The Morgan fingerprint density at radius 3 is 2.67 bits per heavy atom. The number of hydrogen-bond acceptors (Lipinski definition) is 3. The number of oxime groups is 1. The van der Waals surface area contributed by atoms with E-state index in [0.29, 0.717) is 23.4 Å². The third kappa shape index (κ3) is 9.69. The highest BCUT2D eigenvalue weighted by atomic mass is 35.5. The monoisotopic (exact) mass is 490 g/mol. The number of halogens is 3. The second-order valence-electron chi connectivity index (χ2n) is 6.56. The first-order chi connectivity index (χ1) is 16.0. The summed E-state index contributed by atoms with van der Waals surface area (Å²) in [6.45, 7) is 5.92. The molecule has 2 rings (SSSR count). The molecule has 1 amide bonds. The number of allylic oxidation sites excluding steroid dienone is 7. The summed E-state index contributed by atoms with van der Waals surface area (Å²) in [4.78, 5) is 17.1. The Morgan fingerprint density at radius 1 is 1.30 bits per heavy atom. The molecule has 0 radical (unpaired) electrons. The van der Waals surface area contributed by atoms with Crippen LogP contribution in [0, 0.1) is 18.2 Å². The molecule has 0 saturated heterocycles. The number of benzene rings is 1. The Hall–Kier alpha value is -2.81. The van der Waals surface area contributed by atoms with E-state index in [1.54, 1.807) is 12.1 Å². The molecule has 1 N–H and O–H groups in total. The average molecular weight is 491 g/mol. The zero-order valence-electron chi connectivity index (χ0n) is 19.1. The lowest BCUT2D eigenvalue weighted by atomic mass is 10.00. The van der Waals surface area contributed by atoms with Crippen molar-refractivity contribution >= 4 is 40.6 Å². The minimum atomic E-state index is -0.795. The van der Waals surface area contributed by atoms with Gasteiger partial charge in [0.1, 0.15) is 5.82 Å². The first-order valence-corrected chi connectivity index (χ1v) is 11.7. The summed E-state index contributed by atoms with van der Waals surface area (Å²) in [5, 5.41) is 6.61. The summed E-state index contributed by atoms with van der Waals surface area (Å²) in [7, 11) is 0. The van der Waals surface area contributed by atoms with E-state index in [9.17, 15) is 9.18 Å². The number of amides is 1. The van der Waals surface area contributed by atoms with Crippen molar-refractivity contribution in [3.8, 4) is 12.3 Å². The fourth-order valence-corrected chi connectivity index (χ4v) is 3.30. The third-order valence-corrected chi connectivity index (χ3v) is 4.88. The van der Waals surface area contributed by atoms with Crippen LogP contribution in [0.15, 0.2) is 70.0 Å². The molecule has 0 aliphatic heterocycles. The van der Waals surface area contributed by atoms with Crippen LogP contribution >= 0.6 is 23.2 Å². The molecular weight excluding hydrogens is 462 g/mol. The van der Waals surface area contributed by atoms with E-state index >= 15 is 0 Å². The highest BCUT2D eigenvalue weighted by Crippen LogP contribution is 2.28. The van der Waals surface area contributed by atoms with E-state index in [1.807, 2.05) is 39.0 Å². The summed E-state index contributed by atoms with van der Waals surface area (Å²) in [5.74, 6) is 2.15. The molecule has 0 spiro atoms. The summed E-state index contributed by atoms with van der Waals surface area (Å²) in [6.07, 6.45) is 14.0. The Balaban J connectivity index is 0.00000265. The SMILES string of the molecule is C#C/C(Cl)=C\C(=C/CCl)NC(=O)O/N=C(\CC)C1=CC=C(c2ccccc2F)CCC1.CC. The molecule has 1 aliphatic carbocycles. The molecular formula is C26H29Cl2FN2O2. The molecule has 0 fully saturated rings. The van der Waals surface area contributed by atoms with Crippen molar-refractivity contribution < 1.29 is 14.0 Å². The lowest BCUT2D eigenvalue weighted by Crippen LogP contribution is -2.22. The van der Waals surface area contributed by atoms with Gasteiger partial charge in [-0.3, -0.25) is 10.2 Å². The molecule has 0 bridgehead atoms.